The van der Waals surface area contributed by atoms with E-state index < -0.39 is 11.2 Å². The Bertz CT molecular complexity index is 2950. The average Bonchev–Trinajstić information content (AvgIpc) is 4.07. The van der Waals surface area contributed by atoms with E-state index >= 15 is 0 Å². The van der Waals surface area contributed by atoms with Gasteiger partial charge in [0, 0.05) is 44.5 Å². The molecular formula is C50H32N6O4S2. The summed E-state index contributed by atoms with van der Waals surface area (Å²) in [5.74, 6) is 0.904. The number of ketones is 2. The van der Waals surface area contributed by atoms with Crippen LogP contribution in [0.4, 0.5) is 0 Å². The number of ether oxygens (including phenoxy) is 2. The standard InChI is InChI=1S/C50H32N6O4S2/c1-54-36(26-53)42-29-13-5-7-15-31(29)44(58)35(42)23-40-56-48-46(62-40)33-21-37-32(20-38(33)60-50(48)18-10-3-11-19-50)45-47(49(59-37)16-8-2-9-17-49)55-39(61-45)22-34-41(27(24-51)25-52)28-12-4-6-14-30(28)43(34)57/h4-7,12-15,20-23H,2-3,8-11,16-19H2/b34-22-,35-23-,42-36-. The van der Waals surface area contributed by atoms with Crippen molar-refractivity contribution in [2.24, 2.45) is 0 Å². The minimum Gasteiger partial charge on any atom is -0.480 e. The Labute approximate surface area is 364 Å². The molecule has 0 bridgehead atoms. The van der Waals surface area contributed by atoms with Crippen molar-refractivity contribution in [2.75, 3.05) is 0 Å². The molecule has 0 amide bonds. The summed E-state index contributed by atoms with van der Waals surface area (Å²) in [6, 6.07) is 24.3. The Morgan fingerprint density at radius 2 is 1.06 bits per heavy atom. The molecule has 12 heteroatoms. The second-order valence-electron chi connectivity index (χ2n) is 16.4. The molecule has 0 atom stereocenters. The maximum atomic E-state index is 13.9. The summed E-state index contributed by atoms with van der Waals surface area (Å²) in [5.41, 5.74) is 4.96. The van der Waals surface area contributed by atoms with Gasteiger partial charge in [0.1, 0.15) is 50.6 Å². The lowest BCUT2D eigenvalue weighted by molar-refractivity contribution is 0.0163. The van der Waals surface area contributed by atoms with E-state index in [2.05, 4.69) is 17.0 Å². The van der Waals surface area contributed by atoms with Gasteiger partial charge >= 0.3 is 0 Å². The number of rotatable bonds is 2. The molecule has 2 aliphatic heterocycles. The van der Waals surface area contributed by atoms with Crippen molar-refractivity contribution in [3.8, 4) is 50.6 Å². The van der Waals surface area contributed by atoms with Crippen molar-refractivity contribution in [3.05, 3.63) is 138 Å². The largest absolute Gasteiger partial charge is 0.480 e. The van der Waals surface area contributed by atoms with E-state index in [4.69, 9.17) is 26.0 Å². The van der Waals surface area contributed by atoms with Gasteiger partial charge in [0.05, 0.1) is 22.4 Å². The number of nitrogens with zero attached hydrogens (tertiary/aromatic N) is 6. The van der Waals surface area contributed by atoms with E-state index in [0.29, 0.717) is 54.9 Å². The molecule has 0 saturated heterocycles. The molecule has 2 saturated carbocycles. The highest BCUT2D eigenvalue weighted by atomic mass is 32.1. The van der Waals surface area contributed by atoms with Crippen molar-refractivity contribution in [1.29, 1.82) is 15.8 Å². The summed E-state index contributed by atoms with van der Waals surface area (Å²) in [6.45, 7) is 7.76. The summed E-state index contributed by atoms with van der Waals surface area (Å²) in [6.07, 6.45) is 12.5. The highest BCUT2D eigenvalue weighted by Gasteiger charge is 2.49. The van der Waals surface area contributed by atoms with Crippen molar-refractivity contribution in [2.45, 2.75) is 75.4 Å². The molecule has 4 aliphatic carbocycles. The summed E-state index contributed by atoms with van der Waals surface area (Å²) in [5, 5.41) is 31.0. The Hall–Kier alpha value is -7.22. The van der Waals surface area contributed by atoms with Gasteiger partial charge in [0.2, 0.25) is 0 Å². The first-order chi connectivity index (χ1) is 30.3. The Balaban J connectivity index is 1.07. The zero-order valence-corrected chi connectivity index (χ0v) is 34.8. The van der Waals surface area contributed by atoms with Crippen LogP contribution in [-0.2, 0) is 11.2 Å². The van der Waals surface area contributed by atoms with Crippen LogP contribution in [0.5, 0.6) is 11.5 Å². The van der Waals surface area contributed by atoms with Crippen LogP contribution in [0.1, 0.15) is 117 Å². The fraction of sp³-hybridized carbons (Fsp3) is 0.240. The van der Waals surface area contributed by atoms with Gasteiger partial charge < -0.3 is 9.47 Å². The van der Waals surface area contributed by atoms with Crippen LogP contribution in [0.25, 0.3) is 49.0 Å². The van der Waals surface area contributed by atoms with Gasteiger partial charge in [-0.1, -0.05) is 61.4 Å². The van der Waals surface area contributed by atoms with E-state index in [0.717, 1.165) is 96.5 Å². The number of allylic oxidation sites excluding steroid dienone is 6. The lowest BCUT2D eigenvalue weighted by Gasteiger charge is -2.43. The van der Waals surface area contributed by atoms with E-state index in [9.17, 15) is 25.4 Å². The number of benzene rings is 3. The molecule has 0 radical (unpaired) electrons. The van der Waals surface area contributed by atoms with E-state index in [-0.39, 0.29) is 34.0 Å². The Morgan fingerprint density at radius 1 is 0.629 bits per heavy atom. The van der Waals surface area contributed by atoms with Gasteiger partial charge in [-0.25, -0.2) is 20.1 Å². The van der Waals surface area contributed by atoms with Crippen LogP contribution in [0.3, 0.4) is 0 Å². The molecule has 5 aromatic rings. The summed E-state index contributed by atoms with van der Waals surface area (Å²) >= 11 is 2.94. The zero-order valence-electron chi connectivity index (χ0n) is 33.1. The minimum atomic E-state index is -0.692. The van der Waals surface area contributed by atoms with Crippen molar-refractivity contribution in [1.82, 2.24) is 9.97 Å². The van der Waals surface area contributed by atoms with Crippen LogP contribution >= 0.6 is 22.7 Å². The molecule has 11 rings (SSSR count). The zero-order chi connectivity index (χ0) is 42.3. The predicted molar refractivity (Wildman–Crippen MR) is 234 cm³/mol. The molecule has 0 unspecified atom stereocenters. The predicted octanol–water partition coefficient (Wildman–Crippen LogP) is 11.6. The first-order valence-corrected chi connectivity index (χ1v) is 22.3. The van der Waals surface area contributed by atoms with Crippen molar-refractivity contribution < 1.29 is 19.1 Å². The third-order valence-electron chi connectivity index (χ3n) is 13.0. The number of carbonyl (C=O) groups is 2. The second-order valence-corrected chi connectivity index (χ2v) is 18.5. The number of Topliss-reactive ketones (excluding diaryl/α,β-unsaturated/α-hetero) is 2. The van der Waals surface area contributed by atoms with Gasteiger partial charge in [-0.2, -0.15) is 10.5 Å². The van der Waals surface area contributed by atoms with Crippen molar-refractivity contribution in [3.63, 3.8) is 0 Å². The van der Waals surface area contributed by atoms with Crippen LogP contribution in [0.15, 0.2) is 83.1 Å². The van der Waals surface area contributed by atoms with E-state index in [1.165, 1.54) is 22.7 Å². The molecule has 0 N–H and O–H groups in total. The molecule has 10 nitrogen and oxygen atoms in total. The molecule has 3 aromatic carbocycles. The van der Waals surface area contributed by atoms with Gasteiger partial charge in [-0.3, -0.25) is 9.59 Å². The molecule has 2 spiro atoms. The summed E-state index contributed by atoms with van der Waals surface area (Å²) < 4.78 is 14.3. The Morgan fingerprint density at radius 3 is 1.50 bits per heavy atom. The highest BCUT2D eigenvalue weighted by Crippen LogP contribution is 2.60. The normalized spacial score (nSPS) is 20.4. The van der Waals surface area contributed by atoms with Gasteiger partial charge in [-0.15, -0.1) is 22.7 Å². The maximum Gasteiger partial charge on any atom is 0.270 e. The average molecular weight is 845 g/mol. The van der Waals surface area contributed by atoms with Gasteiger partial charge in [-0.05, 0) is 86.8 Å². The minimum absolute atomic E-state index is 0.123. The number of hydrogen-bond acceptors (Lipinski definition) is 11. The summed E-state index contributed by atoms with van der Waals surface area (Å²) in [7, 11) is 0. The SMILES string of the molecule is [C-]#[N+]/C(C#N)=C1\C(=C\c2nc3c(s2)-c2cc4c(cc2OC32CCCCC2)-c2sc(/C=C3\C(=O)c5ccccc5C3=C(C#N)C#N)nc2C2(CCCCC2)O4)C(=O)c2ccccc21. The Kier molecular flexibility index (Phi) is 8.64. The van der Waals surface area contributed by atoms with Crippen LogP contribution < -0.4 is 9.47 Å². The quantitative estimate of drug-likeness (QED) is 0.0959. The molecule has 2 aromatic heterocycles. The molecular weight excluding hydrogens is 813 g/mol. The molecule has 62 heavy (non-hydrogen) atoms. The first-order valence-electron chi connectivity index (χ1n) is 20.7. The number of hydrogen-bond donors (Lipinski definition) is 0. The lowest BCUT2D eigenvalue weighted by atomic mass is 9.78. The second kappa shape index (κ2) is 14.2. The number of aromatic nitrogens is 2. The molecule has 298 valence electrons. The molecule has 2 fully saturated rings. The lowest BCUT2D eigenvalue weighted by Crippen LogP contribution is -2.39. The third kappa shape index (κ3) is 5.47. The van der Waals surface area contributed by atoms with Crippen LogP contribution in [0.2, 0.25) is 0 Å². The number of thiazole rings is 2. The number of fused-ring (bicyclic) bond motifs is 10. The number of nitriles is 3. The third-order valence-corrected chi connectivity index (χ3v) is 15.1. The first kappa shape index (κ1) is 37.8. The van der Waals surface area contributed by atoms with Crippen LogP contribution in [0, 0.1) is 40.6 Å². The topological polar surface area (TPSA) is 154 Å². The van der Waals surface area contributed by atoms with E-state index in [1.54, 1.807) is 60.7 Å². The highest BCUT2D eigenvalue weighted by molar-refractivity contribution is 7.16. The number of carbonyl (C=O) groups excluding carboxylic acids is 2. The van der Waals surface area contributed by atoms with Gasteiger partial charge in [0.15, 0.2) is 22.8 Å². The fourth-order valence-electron chi connectivity index (χ4n) is 10.2. The molecule has 6 aliphatic rings. The van der Waals surface area contributed by atoms with E-state index in [1.807, 2.05) is 18.2 Å². The van der Waals surface area contributed by atoms with Crippen LogP contribution in [-0.4, -0.2) is 21.5 Å². The molecule has 4 heterocycles. The fourth-order valence-corrected chi connectivity index (χ4v) is 12.5. The van der Waals surface area contributed by atoms with Crippen molar-refractivity contribution >= 4 is 57.5 Å². The monoisotopic (exact) mass is 844 g/mol. The summed E-state index contributed by atoms with van der Waals surface area (Å²) in [4.78, 5) is 43.6. The maximum absolute atomic E-state index is 13.9. The van der Waals surface area contributed by atoms with Gasteiger partial charge in [0.25, 0.3) is 5.70 Å². The smallest absolute Gasteiger partial charge is 0.270 e.